The van der Waals surface area contributed by atoms with Crippen molar-refractivity contribution in [2.45, 2.75) is 12.3 Å². The summed E-state index contributed by atoms with van der Waals surface area (Å²) in [5, 5.41) is 8.83. The summed E-state index contributed by atoms with van der Waals surface area (Å²) in [4.78, 5) is 2.38. The smallest absolute Gasteiger partial charge is 0.0991 e. The average Bonchev–Trinajstić information content (AvgIpc) is 2.98. The van der Waals surface area contributed by atoms with Gasteiger partial charge in [-0.1, -0.05) is 12.1 Å². The Bertz CT molecular complexity index is 623. The van der Waals surface area contributed by atoms with Crippen molar-refractivity contribution in [2.24, 2.45) is 0 Å². The first-order chi connectivity index (χ1) is 9.76. The van der Waals surface area contributed by atoms with E-state index in [2.05, 4.69) is 23.1 Å². The molecule has 0 radical (unpaired) electrons. The van der Waals surface area contributed by atoms with Crippen LogP contribution in [0.4, 0.5) is 11.4 Å². The summed E-state index contributed by atoms with van der Waals surface area (Å²) in [6, 6.07) is 18.2. The maximum absolute atomic E-state index is 8.83. The molecule has 0 spiro atoms. The number of nitrogens with two attached hydrogens (primary N) is 1. The fraction of sp³-hybridized carbons (Fsp3) is 0.235. The SMILES string of the molecule is N#Cc1ccc(N2CCC(c3ccc(N)cc3)C2)cc1. The lowest BCUT2D eigenvalue weighted by Gasteiger charge is -2.19. The fourth-order valence-electron chi connectivity index (χ4n) is 2.78. The molecule has 0 bridgehead atoms. The Balaban J connectivity index is 1.72. The summed E-state index contributed by atoms with van der Waals surface area (Å²) in [5.41, 5.74) is 9.81. The molecular weight excluding hydrogens is 246 g/mol. The van der Waals surface area contributed by atoms with E-state index in [4.69, 9.17) is 11.0 Å². The van der Waals surface area contributed by atoms with Crippen LogP contribution in [0, 0.1) is 11.3 Å². The lowest BCUT2D eigenvalue weighted by molar-refractivity contribution is 0.775. The van der Waals surface area contributed by atoms with Gasteiger partial charge in [0, 0.05) is 30.4 Å². The van der Waals surface area contributed by atoms with E-state index >= 15 is 0 Å². The Hall–Kier alpha value is -2.47. The number of nitrogens with zero attached hydrogens (tertiary/aromatic N) is 2. The first-order valence-electron chi connectivity index (χ1n) is 6.87. The van der Waals surface area contributed by atoms with Gasteiger partial charge in [-0.15, -0.1) is 0 Å². The Morgan fingerprint density at radius 2 is 1.75 bits per heavy atom. The van der Waals surface area contributed by atoms with Crippen LogP contribution in [0.25, 0.3) is 0 Å². The van der Waals surface area contributed by atoms with E-state index in [1.54, 1.807) is 0 Å². The number of rotatable bonds is 2. The molecule has 3 rings (SSSR count). The van der Waals surface area contributed by atoms with Gasteiger partial charge in [-0.3, -0.25) is 0 Å². The van der Waals surface area contributed by atoms with Crippen LogP contribution >= 0.6 is 0 Å². The second-order valence-corrected chi connectivity index (χ2v) is 5.26. The Kier molecular flexibility index (Phi) is 3.30. The number of nitriles is 1. The average molecular weight is 263 g/mol. The van der Waals surface area contributed by atoms with Gasteiger partial charge in [0.15, 0.2) is 0 Å². The third-order valence-corrected chi connectivity index (χ3v) is 3.96. The summed E-state index contributed by atoms with van der Waals surface area (Å²) in [6.07, 6.45) is 1.16. The first kappa shape index (κ1) is 12.6. The van der Waals surface area contributed by atoms with E-state index in [1.807, 2.05) is 36.4 Å². The molecule has 100 valence electrons. The van der Waals surface area contributed by atoms with Crippen molar-refractivity contribution < 1.29 is 0 Å². The van der Waals surface area contributed by atoms with Crippen LogP contribution in [0.2, 0.25) is 0 Å². The second-order valence-electron chi connectivity index (χ2n) is 5.26. The minimum absolute atomic E-state index is 0.561. The van der Waals surface area contributed by atoms with E-state index in [-0.39, 0.29) is 0 Å². The predicted octanol–water partition coefficient (Wildman–Crippen LogP) is 3.13. The van der Waals surface area contributed by atoms with Gasteiger partial charge in [0.25, 0.3) is 0 Å². The molecule has 1 saturated heterocycles. The van der Waals surface area contributed by atoms with Crippen LogP contribution < -0.4 is 10.6 Å². The van der Waals surface area contributed by atoms with Crippen LogP contribution in [-0.4, -0.2) is 13.1 Å². The van der Waals surface area contributed by atoms with Crippen molar-refractivity contribution in [3.05, 3.63) is 59.7 Å². The molecule has 2 aromatic carbocycles. The van der Waals surface area contributed by atoms with Crippen LogP contribution in [0.5, 0.6) is 0 Å². The highest BCUT2D eigenvalue weighted by molar-refractivity contribution is 5.51. The van der Waals surface area contributed by atoms with Crippen LogP contribution in [0.1, 0.15) is 23.5 Å². The lowest BCUT2D eigenvalue weighted by atomic mass is 9.98. The molecule has 20 heavy (non-hydrogen) atoms. The van der Waals surface area contributed by atoms with Crippen LogP contribution in [0.15, 0.2) is 48.5 Å². The summed E-state index contributed by atoms with van der Waals surface area (Å²) in [6.45, 7) is 2.08. The second kappa shape index (κ2) is 5.26. The molecule has 0 saturated carbocycles. The third kappa shape index (κ3) is 2.46. The van der Waals surface area contributed by atoms with Crippen LogP contribution in [0.3, 0.4) is 0 Å². The van der Waals surface area contributed by atoms with Crippen LogP contribution in [-0.2, 0) is 0 Å². The summed E-state index contributed by atoms with van der Waals surface area (Å²) in [7, 11) is 0. The normalized spacial score (nSPS) is 17.9. The molecule has 2 aromatic rings. The molecule has 1 fully saturated rings. The maximum atomic E-state index is 8.83. The standard InChI is InChI=1S/C17H17N3/c18-11-13-1-7-17(8-2-13)20-10-9-15(12-20)14-3-5-16(19)6-4-14/h1-8,15H,9-10,12,19H2. The molecule has 0 aromatic heterocycles. The first-order valence-corrected chi connectivity index (χ1v) is 6.87. The fourth-order valence-corrected chi connectivity index (χ4v) is 2.78. The Labute approximate surface area is 119 Å². The highest BCUT2D eigenvalue weighted by Gasteiger charge is 2.23. The summed E-state index contributed by atoms with van der Waals surface area (Å²) < 4.78 is 0. The van der Waals surface area contributed by atoms with Crippen molar-refractivity contribution >= 4 is 11.4 Å². The molecule has 3 nitrogen and oxygen atoms in total. The molecule has 1 unspecified atom stereocenters. The van der Waals surface area contributed by atoms with Gasteiger partial charge in [-0.25, -0.2) is 0 Å². The monoisotopic (exact) mass is 263 g/mol. The summed E-state index contributed by atoms with van der Waals surface area (Å²) >= 11 is 0. The molecule has 1 heterocycles. The van der Waals surface area contributed by atoms with Gasteiger partial charge < -0.3 is 10.6 Å². The zero-order valence-corrected chi connectivity index (χ0v) is 11.3. The maximum Gasteiger partial charge on any atom is 0.0991 e. The third-order valence-electron chi connectivity index (χ3n) is 3.96. The highest BCUT2D eigenvalue weighted by Crippen LogP contribution is 2.31. The number of anilines is 2. The van der Waals surface area contributed by atoms with Gasteiger partial charge in [-0.05, 0) is 48.4 Å². The van der Waals surface area contributed by atoms with E-state index in [0.717, 1.165) is 25.2 Å². The Morgan fingerprint density at radius 3 is 2.40 bits per heavy atom. The molecule has 3 heteroatoms. The van der Waals surface area contributed by atoms with Gasteiger partial charge >= 0.3 is 0 Å². The van der Waals surface area contributed by atoms with E-state index in [1.165, 1.54) is 11.3 Å². The number of hydrogen-bond donors (Lipinski definition) is 1. The lowest BCUT2D eigenvalue weighted by Crippen LogP contribution is -2.19. The van der Waals surface area contributed by atoms with Gasteiger partial charge in [0.2, 0.25) is 0 Å². The molecule has 1 atom stereocenters. The largest absolute Gasteiger partial charge is 0.399 e. The van der Waals surface area contributed by atoms with E-state index in [9.17, 15) is 0 Å². The van der Waals surface area contributed by atoms with Gasteiger partial charge in [0.1, 0.15) is 0 Å². The van der Waals surface area contributed by atoms with Crippen molar-refractivity contribution in [1.82, 2.24) is 0 Å². The quantitative estimate of drug-likeness (QED) is 0.847. The number of nitrogen functional groups attached to an aromatic ring is 1. The number of benzene rings is 2. The van der Waals surface area contributed by atoms with Gasteiger partial charge in [-0.2, -0.15) is 5.26 Å². The molecular formula is C17H17N3. The Morgan fingerprint density at radius 1 is 1.05 bits per heavy atom. The van der Waals surface area contributed by atoms with Gasteiger partial charge in [0.05, 0.1) is 11.6 Å². The minimum Gasteiger partial charge on any atom is -0.399 e. The van der Waals surface area contributed by atoms with E-state index < -0.39 is 0 Å². The van der Waals surface area contributed by atoms with Crippen molar-refractivity contribution in [2.75, 3.05) is 23.7 Å². The summed E-state index contributed by atoms with van der Waals surface area (Å²) in [5.74, 6) is 0.561. The molecule has 1 aliphatic rings. The van der Waals surface area contributed by atoms with Crippen molar-refractivity contribution in [3.63, 3.8) is 0 Å². The van der Waals surface area contributed by atoms with E-state index in [0.29, 0.717) is 11.5 Å². The van der Waals surface area contributed by atoms with Crippen molar-refractivity contribution in [3.8, 4) is 6.07 Å². The number of hydrogen-bond acceptors (Lipinski definition) is 3. The van der Waals surface area contributed by atoms with Crippen molar-refractivity contribution in [1.29, 1.82) is 5.26 Å². The zero-order chi connectivity index (χ0) is 13.9. The zero-order valence-electron chi connectivity index (χ0n) is 11.3. The molecule has 1 aliphatic heterocycles. The molecule has 0 aliphatic carbocycles. The highest BCUT2D eigenvalue weighted by atomic mass is 15.1. The molecule has 0 amide bonds. The minimum atomic E-state index is 0.561. The molecule has 2 N–H and O–H groups in total. The topological polar surface area (TPSA) is 53.0 Å². The predicted molar refractivity (Wildman–Crippen MR) is 81.6 cm³/mol.